The fourth-order valence-corrected chi connectivity index (χ4v) is 1.41. The van der Waals surface area contributed by atoms with Crippen LogP contribution in [0, 0.1) is 0 Å². The number of benzene rings is 1. The lowest BCUT2D eigenvalue weighted by Gasteiger charge is -2.19. The Morgan fingerprint density at radius 3 is 2.54 bits per heavy atom. The average Bonchev–Trinajstić information content (AvgIpc) is 1.93. The van der Waals surface area contributed by atoms with Gasteiger partial charge in [-0.2, -0.15) is 0 Å². The minimum Gasteiger partial charge on any atom is -0.508 e. The van der Waals surface area contributed by atoms with Crippen LogP contribution in [0.15, 0.2) is 18.2 Å². The fraction of sp³-hybridized carbons (Fsp3) is 0.400. The van der Waals surface area contributed by atoms with Gasteiger partial charge in [-0.1, -0.05) is 17.7 Å². The highest BCUT2D eigenvalue weighted by Gasteiger charge is 2.13. The van der Waals surface area contributed by atoms with E-state index in [1.165, 1.54) is 6.07 Å². The van der Waals surface area contributed by atoms with Crippen molar-refractivity contribution in [1.29, 1.82) is 0 Å². The van der Waals surface area contributed by atoms with Crippen LogP contribution in [0.25, 0.3) is 0 Å². The van der Waals surface area contributed by atoms with Crippen molar-refractivity contribution in [2.24, 2.45) is 5.73 Å². The van der Waals surface area contributed by atoms with E-state index in [2.05, 4.69) is 0 Å². The zero-order valence-corrected chi connectivity index (χ0v) is 8.60. The summed E-state index contributed by atoms with van der Waals surface area (Å²) in [5, 5.41) is 9.69. The lowest BCUT2D eigenvalue weighted by Crippen LogP contribution is -2.34. The Morgan fingerprint density at radius 1 is 1.46 bits per heavy atom. The first-order valence-electron chi connectivity index (χ1n) is 4.15. The molecule has 0 atom stereocenters. The third-order valence-electron chi connectivity index (χ3n) is 1.68. The fourth-order valence-electron chi connectivity index (χ4n) is 1.17. The smallest absolute Gasteiger partial charge is 0.117 e. The first-order chi connectivity index (χ1) is 5.88. The number of aromatic hydroxyl groups is 1. The highest BCUT2D eigenvalue weighted by molar-refractivity contribution is 6.31. The van der Waals surface area contributed by atoms with Gasteiger partial charge in [0, 0.05) is 10.6 Å². The Hall–Kier alpha value is -0.730. The van der Waals surface area contributed by atoms with E-state index in [4.69, 9.17) is 22.4 Å². The molecule has 0 saturated carbocycles. The summed E-state index contributed by atoms with van der Waals surface area (Å²) in [6.07, 6.45) is 0.701. The van der Waals surface area contributed by atoms with Crippen LogP contribution in [0.5, 0.6) is 5.75 Å². The van der Waals surface area contributed by atoms with Crippen LogP contribution in [-0.4, -0.2) is 10.6 Å². The number of halogens is 1. The van der Waals surface area contributed by atoms with Gasteiger partial charge in [0.1, 0.15) is 5.75 Å². The average molecular weight is 200 g/mol. The summed E-state index contributed by atoms with van der Waals surface area (Å²) in [7, 11) is 0. The Kier molecular flexibility index (Phi) is 2.84. The van der Waals surface area contributed by atoms with E-state index in [1.807, 2.05) is 13.8 Å². The molecule has 72 valence electrons. The van der Waals surface area contributed by atoms with E-state index >= 15 is 0 Å². The summed E-state index contributed by atoms with van der Waals surface area (Å²) in [5.74, 6) is 0.184. The van der Waals surface area contributed by atoms with E-state index < -0.39 is 0 Å². The monoisotopic (exact) mass is 199 g/mol. The molecule has 0 bridgehead atoms. The standard InChI is InChI=1S/C10H14ClNO/c1-10(2,12)6-7-3-4-8(13)5-9(7)11/h3-5,13H,6,12H2,1-2H3. The molecular formula is C10H14ClNO. The highest BCUT2D eigenvalue weighted by Crippen LogP contribution is 2.24. The lowest BCUT2D eigenvalue weighted by molar-refractivity contribution is 0.474. The molecule has 3 N–H and O–H groups in total. The van der Waals surface area contributed by atoms with Crippen molar-refractivity contribution in [2.45, 2.75) is 25.8 Å². The minimum absolute atomic E-state index is 0.184. The van der Waals surface area contributed by atoms with Crippen LogP contribution in [0.3, 0.4) is 0 Å². The maximum Gasteiger partial charge on any atom is 0.117 e. The molecule has 0 heterocycles. The third-order valence-corrected chi connectivity index (χ3v) is 2.03. The van der Waals surface area contributed by atoms with Gasteiger partial charge in [-0.3, -0.25) is 0 Å². The van der Waals surface area contributed by atoms with Gasteiger partial charge in [-0.25, -0.2) is 0 Å². The maximum atomic E-state index is 9.12. The minimum atomic E-state index is -0.277. The molecular weight excluding hydrogens is 186 g/mol. The summed E-state index contributed by atoms with van der Waals surface area (Å²) in [5.41, 5.74) is 6.54. The van der Waals surface area contributed by atoms with Crippen LogP contribution < -0.4 is 5.73 Å². The molecule has 0 radical (unpaired) electrons. The molecule has 0 aliphatic carbocycles. The Labute approximate surface area is 83.3 Å². The van der Waals surface area contributed by atoms with Gasteiger partial charge >= 0.3 is 0 Å². The predicted octanol–water partition coefficient (Wildman–Crippen LogP) is 2.33. The number of nitrogens with two attached hydrogens (primary N) is 1. The SMILES string of the molecule is CC(C)(N)Cc1ccc(O)cc1Cl. The van der Waals surface area contributed by atoms with Gasteiger partial charge in [0.25, 0.3) is 0 Å². The first-order valence-corrected chi connectivity index (χ1v) is 4.52. The topological polar surface area (TPSA) is 46.2 Å². The van der Waals surface area contributed by atoms with E-state index in [9.17, 15) is 0 Å². The molecule has 1 aromatic carbocycles. The number of rotatable bonds is 2. The van der Waals surface area contributed by atoms with Crippen molar-refractivity contribution in [3.8, 4) is 5.75 Å². The molecule has 0 unspecified atom stereocenters. The van der Waals surface area contributed by atoms with E-state index in [1.54, 1.807) is 12.1 Å². The van der Waals surface area contributed by atoms with Gasteiger partial charge in [0.2, 0.25) is 0 Å². The zero-order valence-electron chi connectivity index (χ0n) is 7.84. The van der Waals surface area contributed by atoms with Gasteiger partial charge < -0.3 is 10.8 Å². The summed E-state index contributed by atoms with van der Waals surface area (Å²) < 4.78 is 0. The van der Waals surface area contributed by atoms with Gasteiger partial charge in [0.15, 0.2) is 0 Å². The Morgan fingerprint density at radius 2 is 2.08 bits per heavy atom. The highest BCUT2D eigenvalue weighted by atomic mass is 35.5. The Balaban J connectivity index is 2.90. The normalized spacial score (nSPS) is 11.7. The predicted molar refractivity (Wildman–Crippen MR) is 55.1 cm³/mol. The van der Waals surface area contributed by atoms with Crippen LogP contribution in [0.1, 0.15) is 19.4 Å². The second-order valence-corrected chi connectivity index (χ2v) is 4.35. The molecule has 0 fully saturated rings. The lowest BCUT2D eigenvalue weighted by atomic mass is 9.96. The van der Waals surface area contributed by atoms with Crippen molar-refractivity contribution >= 4 is 11.6 Å². The molecule has 0 saturated heterocycles. The molecule has 0 aliphatic rings. The molecule has 0 spiro atoms. The first kappa shape index (κ1) is 10.4. The summed E-state index contributed by atoms with van der Waals surface area (Å²) in [6.45, 7) is 3.88. The maximum absolute atomic E-state index is 9.12. The second kappa shape index (κ2) is 3.56. The summed E-state index contributed by atoms with van der Waals surface area (Å²) in [4.78, 5) is 0. The summed E-state index contributed by atoms with van der Waals surface area (Å²) in [6, 6.07) is 4.95. The van der Waals surface area contributed by atoms with Gasteiger partial charge in [-0.15, -0.1) is 0 Å². The molecule has 1 aromatic rings. The summed E-state index contributed by atoms with van der Waals surface area (Å²) >= 11 is 5.92. The van der Waals surface area contributed by atoms with Crippen molar-refractivity contribution in [3.63, 3.8) is 0 Å². The number of hydrogen-bond acceptors (Lipinski definition) is 2. The van der Waals surface area contributed by atoms with Crippen molar-refractivity contribution < 1.29 is 5.11 Å². The van der Waals surface area contributed by atoms with Crippen LogP contribution >= 0.6 is 11.6 Å². The van der Waals surface area contributed by atoms with Gasteiger partial charge in [0.05, 0.1) is 0 Å². The molecule has 3 heteroatoms. The van der Waals surface area contributed by atoms with Crippen LogP contribution in [-0.2, 0) is 6.42 Å². The molecule has 0 amide bonds. The number of phenolic OH excluding ortho intramolecular Hbond substituents is 1. The second-order valence-electron chi connectivity index (χ2n) is 3.94. The van der Waals surface area contributed by atoms with Crippen molar-refractivity contribution in [3.05, 3.63) is 28.8 Å². The zero-order chi connectivity index (χ0) is 10.1. The Bertz CT molecular complexity index is 304. The third kappa shape index (κ3) is 3.25. The van der Waals surface area contributed by atoms with Crippen molar-refractivity contribution in [1.82, 2.24) is 0 Å². The molecule has 1 rings (SSSR count). The van der Waals surface area contributed by atoms with Crippen molar-refractivity contribution in [2.75, 3.05) is 0 Å². The number of hydrogen-bond donors (Lipinski definition) is 2. The number of phenols is 1. The van der Waals surface area contributed by atoms with Crippen LogP contribution in [0.2, 0.25) is 5.02 Å². The molecule has 2 nitrogen and oxygen atoms in total. The van der Waals surface area contributed by atoms with Gasteiger partial charge in [-0.05, 0) is 38.0 Å². The van der Waals surface area contributed by atoms with E-state index in [0.717, 1.165) is 5.56 Å². The largest absolute Gasteiger partial charge is 0.508 e. The van der Waals surface area contributed by atoms with E-state index in [0.29, 0.717) is 11.4 Å². The quantitative estimate of drug-likeness (QED) is 0.768. The molecule has 0 aromatic heterocycles. The van der Waals surface area contributed by atoms with Crippen LogP contribution in [0.4, 0.5) is 0 Å². The molecule has 13 heavy (non-hydrogen) atoms. The van der Waals surface area contributed by atoms with E-state index in [-0.39, 0.29) is 11.3 Å². The molecule has 0 aliphatic heterocycles.